The molecule has 1 aliphatic heterocycles. The number of hydrogen-bond donors (Lipinski definition) is 1. The van der Waals surface area contributed by atoms with Crippen LogP contribution in [0.5, 0.6) is 0 Å². The van der Waals surface area contributed by atoms with Crippen LogP contribution < -0.4 is 5.73 Å². The van der Waals surface area contributed by atoms with Crippen LogP contribution in [0.1, 0.15) is 31.6 Å². The lowest BCUT2D eigenvalue weighted by atomic mass is 9.99. The van der Waals surface area contributed by atoms with Crippen molar-refractivity contribution >= 4 is 28.3 Å². The third kappa shape index (κ3) is 4.76. The minimum Gasteiger partial charge on any atom is -0.338 e. The first-order valence-corrected chi connectivity index (χ1v) is 8.58. The van der Waals surface area contributed by atoms with Gasteiger partial charge in [0.05, 0.1) is 6.54 Å². The van der Waals surface area contributed by atoms with Gasteiger partial charge in [-0.05, 0) is 44.5 Å². The monoisotopic (exact) mass is 400 g/mol. The molecule has 1 saturated heterocycles. The van der Waals surface area contributed by atoms with E-state index in [-0.39, 0.29) is 12.4 Å². The molecular weight excluding hydrogens is 380 g/mol. The van der Waals surface area contributed by atoms with Gasteiger partial charge < -0.3 is 10.3 Å². The largest absolute Gasteiger partial charge is 0.338 e. The van der Waals surface area contributed by atoms with Crippen molar-refractivity contribution in [1.29, 1.82) is 0 Å². The maximum atomic E-state index is 5.73. The third-order valence-electron chi connectivity index (χ3n) is 4.14. The van der Waals surface area contributed by atoms with Crippen molar-refractivity contribution in [2.24, 2.45) is 5.73 Å². The minimum absolute atomic E-state index is 0. The molecule has 1 fully saturated rings. The molecule has 23 heavy (non-hydrogen) atoms. The summed E-state index contributed by atoms with van der Waals surface area (Å²) in [6.07, 6.45) is 4.76. The molecule has 0 amide bonds. The highest BCUT2D eigenvalue weighted by molar-refractivity contribution is 9.10. The molecule has 1 aromatic carbocycles. The van der Waals surface area contributed by atoms with Crippen molar-refractivity contribution in [2.75, 3.05) is 13.1 Å². The van der Waals surface area contributed by atoms with Crippen molar-refractivity contribution in [3.63, 3.8) is 0 Å². The lowest BCUT2D eigenvalue weighted by Gasteiger charge is -2.34. The Hall–Kier alpha value is -0.950. The zero-order chi connectivity index (χ0) is 15.4. The molecule has 126 valence electrons. The van der Waals surface area contributed by atoms with Crippen LogP contribution in [0.15, 0.2) is 33.3 Å². The smallest absolute Gasteiger partial charge is 0.241 e. The Balaban J connectivity index is 0.00000192. The van der Waals surface area contributed by atoms with E-state index in [1.54, 1.807) is 0 Å². The van der Waals surface area contributed by atoms with Crippen molar-refractivity contribution in [2.45, 2.75) is 38.3 Å². The predicted octanol–water partition coefficient (Wildman–Crippen LogP) is 3.62. The van der Waals surface area contributed by atoms with Gasteiger partial charge in [-0.1, -0.05) is 39.6 Å². The predicted molar refractivity (Wildman–Crippen MR) is 96.4 cm³/mol. The summed E-state index contributed by atoms with van der Waals surface area (Å²) < 4.78 is 6.45. The Labute approximate surface area is 151 Å². The number of piperidine rings is 1. The number of nitrogens with two attached hydrogens (primary N) is 1. The number of benzene rings is 1. The molecule has 1 atom stereocenters. The molecule has 1 unspecified atom stereocenters. The molecule has 2 N–H and O–H groups in total. The van der Waals surface area contributed by atoms with Gasteiger partial charge in [-0.15, -0.1) is 12.4 Å². The summed E-state index contributed by atoms with van der Waals surface area (Å²) in [5, 5.41) is 4.11. The highest BCUT2D eigenvalue weighted by atomic mass is 79.9. The Morgan fingerprint density at radius 1 is 1.35 bits per heavy atom. The molecule has 0 spiro atoms. The molecule has 0 aliphatic carbocycles. The number of rotatable bonds is 5. The quantitative estimate of drug-likeness (QED) is 0.828. The Kier molecular flexibility index (Phi) is 7.02. The summed E-state index contributed by atoms with van der Waals surface area (Å²) in [5.74, 6) is 1.32. The summed E-state index contributed by atoms with van der Waals surface area (Å²) in [4.78, 5) is 6.96. The van der Waals surface area contributed by atoms with E-state index in [9.17, 15) is 0 Å². The summed E-state index contributed by atoms with van der Waals surface area (Å²) in [5.41, 5.74) is 6.69. The first kappa shape index (κ1) is 18.4. The molecule has 5 nitrogen and oxygen atoms in total. The molecule has 0 radical (unpaired) electrons. The van der Waals surface area contributed by atoms with Gasteiger partial charge in [-0.3, -0.25) is 4.90 Å². The molecule has 2 aromatic rings. The van der Waals surface area contributed by atoms with Crippen LogP contribution in [-0.2, 0) is 6.54 Å². The van der Waals surface area contributed by atoms with E-state index in [1.807, 2.05) is 24.3 Å². The Bertz CT molecular complexity index is 620. The average Bonchev–Trinajstić information content (AvgIpc) is 2.98. The van der Waals surface area contributed by atoms with Gasteiger partial charge in [-0.2, -0.15) is 4.98 Å². The van der Waals surface area contributed by atoms with E-state index in [2.05, 4.69) is 31.0 Å². The second-order valence-corrected chi connectivity index (χ2v) is 6.64. The molecule has 1 aromatic heterocycles. The summed E-state index contributed by atoms with van der Waals surface area (Å²) in [6, 6.07) is 8.47. The molecule has 0 saturated carbocycles. The first-order chi connectivity index (χ1) is 10.8. The number of hydrogen-bond acceptors (Lipinski definition) is 5. The zero-order valence-corrected chi connectivity index (χ0v) is 15.4. The van der Waals surface area contributed by atoms with E-state index in [0.29, 0.717) is 24.3 Å². The zero-order valence-electron chi connectivity index (χ0n) is 12.9. The van der Waals surface area contributed by atoms with Crippen molar-refractivity contribution < 1.29 is 4.52 Å². The summed E-state index contributed by atoms with van der Waals surface area (Å²) in [7, 11) is 0. The van der Waals surface area contributed by atoms with Crippen molar-refractivity contribution in [3.8, 4) is 11.4 Å². The van der Waals surface area contributed by atoms with Crippen LogP contribution in [0.4, 0.5) is 0 Å². The van der Waals surface area contributed by atoms with E-state index >= 15 is 0 Å². The number of nitrogens with zero attached hydrogens (tertiary/aromatic N) is 3. The average molecular weight is 402 g/mol. The summed E-state index contributed by atoms with van der Waals surface area (Å²) >= 11 is 3.46. The second kappa shape index (κ2) is 8.78. The van der Waals surface area contributed by atoms with Gasteiger partial charge in [0.2, 0.25) is 11.7 Å². The summed E-state index contributed by atoms with van der Waals surface area (Å²) in [6.45, 7) is 2.53. The van der Waals surface area contributed by atoms with Crippen LogP contribution in [0.3, 0.4) is 0 Å². The van der Waals surface area contributed by atoms with Crippen LogP contribution in [0.2, 0.25) is 0 Å². The number of halogens is 2. The van der Waals surface area contributed by atoms with Gasteiger partial charge >= 0.3 is 0 Å². The van der Waals surface area contributed by atoms with Gasteiger partial charge in [0.1, 0.15) is 0 Å². The van der Waals surface area contributed by atoms with E-state index in [1.165, 1.54) is 19.3 Å². The third-order valence-corrected chi connectivity index (χ3v) is 4.63. The lowest BCUT2D eigenvalue weighted by Crippen LogP contribution is -2.40. The van der Waals surface area contributed by atoms with Gasteiger partial charge in [0, 0.05) is 16.1 Å². The van der Waals surface area contributed by atoms with E-state index < -0.39 is 0 Å². The van der Waals surface area contributed by atoms with E-state index in [0.717, 1.165) is 29.5 Å². The van der Waals surface area contributed by atoms with Crippen molar-refractivity contribution in [3.05, 3.63) is 34.6 Å². The van der Waals surface area contributed by atoms with Gasteiger partial charge in [-0.25, -0.2) is 0 Å². The standard InChI is InChI=1S/C16H21BrN4O.ClH/c17-13-5-3-4-12(10-13)16-19-15(22-20-16)11-21-9-2-1-6-14(21)7-8-18;/h3-5,10,14H,1-2,6-9,11,18H2;1H. The van der Waals surface area contributed by atoms with Crippen LogP contribution >= 0.6 is 28.3 Å². The Morgan fingerprint density at radius 2 is 2.22 bits per heavy atom. The van der Waals surface area contributed by atoms with Crippen molar-refractivity contribution in [1.82, 2.24) is 15.0 Å². The molecule has 3 rings (SSSR count). The van der Waals surface area contributed by atoms with Crippen LogP contribution in [0, 0.1) is 0 Å². The molecule has 1 aliphatic rings. The number of likely N-dealkylation sites (tertiary alicyclic amines) is 1. The lowest BCUT2D eigenvalue weighted by molar-refractivity contribution is 0.118. The highest BCUT2D eigenvalue weighted by Gasteiger charge is 2.23. The van der Waals surface area contributed by atoms with Crippen LogP contribution in [-0.4, -0.2) is 34.2 Å². The number of aromatic nitrogens is 2. The molecule has 2 heterocycles. The maximum absolute atomic E-state index is 5.73. The maximum Gasteiger partial charge on any atom is 0.241 e. The topological polar surface area (TPSA) is 68.2 Å². The van der Waals surface area contributed by atoms with E-state index in [4.69, 9.17) is 10.3 Å². The molecular formula is C16H22BrClN4O. The van der Waals surface area contributed by atoms with Gasteiger partial charge in [0.25, 0.3) is 0 Å². The second-order valence-electron chi connectivity index (χ2n) is 5.72. The molecule has 7 heteroatoms. The SMILES string of the molecule is Cl.NCCC1CCCCN1Cc1nc(-c2cccc(Br)c2)no1. The fourth-order valence-corrected chi connectivity index (χ4v) is 3.42. The molecule has 0 bridgehead atoms. The van der Waals surface area contributed by atoms with Crippen LogP contribution in [0.25, 0.3) is 11.4 Å². The minimum atomic E-state index is 0. The highest BCUT2D eigenvalue weighted by Crippen LogP contribution is 2.23. The fourth-order valence-electron chi connectivity index (χ4n) is 3.03. The normalized spacial score (nSPS) is 18.6. The fraction of sp³-hybridized carbons (Fsp3) is 0.500. The Morgan fingerprint density at radius 3 is 3.00 bits per heavy atom. The first-order valence-electron chi connectivity index (χ1n) is 7.79. The van der Waals surface area contributed by atoms with Gasteiger partial charge in [0.15, 0.2) is 0 Å².